The summed E-state index contributed by atoms with van der Waals surface area (Å²) in [5.74, 6) is 1.09. The fourth-order valence-electron chi connectivity index (χ4n) is 1.98. The minimum absolute atomic E-state index is 0.0430. The van der Waals surface area contributed by atoms with Gasteiger partial charge in [0.05, 0.1) is 5.54 Å². The Bertz CT molecular complexity index is 277. The summed E-state index contributed by atoms with van der Waals surface area (Å²) < 4.78 is 5.55. The predicted molar refractivity (Wildman–Crippen MR) is 73.2 cm³/mol. The van der Waals surface area contributed by atoms with Crippen molar-refractivity contribution in [1.29, 1.82) is 0 Å². The molecule has 4 nitrogen and oxygen atoms in total. The van der Waals surface area contributed by atoms with Crippen LogP contribution in [0, 0.1) is 11.8 Å². The Labute approximate surface area is 111 Å². The molecule has 2 atom stereocenters. The predicted octanol–water partition coefficient (Wildman–Crippen LogP) is 1.68. The van der Waals surface area contributed by atoms with Gasteiger partial charge in [0, 0.05) is 13.2 Å². The fourth-order valence-corrected chi connectivity index (χ4v) is 1.98. The van der Waals surface area contributed by atoms with E-state index < -0.39 is 6.10 Å². The van der Waals surface area contributed by atoms with Gasteiger partial charge in [0.2, 0.25) is 5.91 Å². The monoisotopic (exact) mass is 256 g/mol. The largest absolute Gasteiger partial charge is 0.369 e. The van der Waals surface area contributed by atoms with Gasteiger partial charge >= 0.3 is 0 Å². The Hall–Kier alpha value is -0.610. The van der Waals surface area contributed by atoms with Crippen LogP contribution in [0.5, 0.6) is 0 Å². The van der Waals surface area contributed by atoms with Crippen LogP contribution >= 0.6 is 0 Å². The van der Waals surface area contributed by atoms with Gasteiger partial charge in [-0.2, -0.15) is 0 Å². The average Bonchev–Trinajstić information content (AvgIpc) is 3.12. The van der Waals surface area contributed by atoms with Gasteiger partial charge in [-0.05, 0) is 44.9 Å². The van der Waals surface area contributed by atoms with Crippen molar-refractivity contribution in [2.75, 3.05) is 13.2 Å². The van der Waals surface area contributed by atoms with Gasteiger partial charge in [-0.3, -0.25) is 4.79 Å². The molecule has 0 aromatic heterocycles. The number of hydrogen-bond donors (Lipinski definition) is 2. The normalized spacial score (nSPS) is 20.6. The summed E-state index contributed by atoms with van der Waals surface area (Å²) in [7, 11) is 0. The fraction of sp³-hybridized carbons (Fsp3) is 0.929. The molecule has 0 aromatic carbocycles. The van der Waals surface area contributed by atoms with Crippen LogP contribution in [0.15, 0.2) is 0 Å². The van der Waals surface area contributed by atoms with Crippen molar-refractivity contribution in [1.82, 2.24) is 5.32 Å². The van der Waals surface area contributed by atoms with E-state index in [-0.39, 0.29) is 11.4 Å². The van der Waals surface area contributed by atoms with Gasteiger partial charge in [0.15, 0.2) is 0 Å². The number of rotatable bonds is 8. The van der Waals surface area contributed by atoms with Crippen molar-refractivity contribution in [3.8, 4) is 0 Å². The van der Waals surface area contributed by atoms with E-state index in [2.05, 4.69) is 19.2 Å². The molecule has 4 heteroatoms. The van der Waals surface area contributed by atoms with Crippen molar-refractivity contribution in [3.05, 3.63) is 0 Å². The van der Waals surface area contributed by atoms with E-state index in [1.54, 1.807) is 6.92 Å². The van der Waals surface area contributed by atoms with E-state index >= 15 is 0 Å². The SMILES string of the molecule is CC(C)CCOC(C)C(=O)NC(C)(CN)C1CC1. The molecular weight excluding hydrogens is 228 g/mol. The van der Waals surface area contributed by atoms with E-state index in [1.807, 2.05) is 6.92 Å². The molecule has 1 aliphatic rings. The summed E-state index contributed by atoms with van der Waals surface area (Å²) in [6.45, 7) is 9.25. The summed E-state index contributed by atoms with van der Waals surface area (Å²) in [5, 5.41) is 3.05. The highest BCUT2D eigenvalue weighted by molar-refractivity contribution is 5.81. The summed E-state index contributed by atoms with van der Waals surface area (Å²) in [5.41, 5.74) is 5.52. The van der Waals surface area contributed by atoms with E-state index in [0.717, 1.165) is 19.3 Å². The number of hydrogen-bond acceptors (Lipinski definition) is 3. The second-order valence-corrected chi connectivity index (χ2v) is 6.08. The topological polar surface area (TPSA) is 64.3 Å². The zero-order valence-electron chi connectivity index (χ0n) is 12.2. The maximum absolute atomic E-state index is 12.0. The van der Waals surface area contributed by atoms with Gasteiger partial charge in [-0.15, -0.1) is 0 Å². The summed E-state index contributed by atoms with van der Waals surface area (Å²) in [6, 6.07) is 0. The van der Waals surface area contributed by atoms with Gasteiger partial charge < -0.3 is 15.8 Å². The second kappa shape index (κ2) is 6.53. The maximum Gasteiger partial charge on any atom is 0.249 e. The van der Waals surface area contributed by atoms with Crippen LogP contribution in [0.4, 0.5) is 0 Å². The van der Waals surface area contributed by atoms with E-state index in [9.17, 15) is 4.79 Å². The number of nitrogens with one attached hydrogen (secondary N) is 1. The molecule has 106 valence electrons. The molecule has 2 unspecified atom stereocenters. The first-order chi connectivity index (χ1) is 8.39. The lowest BCUT2D eigenvalue weighted by Gasteiger charge is -2.30. The molecule has 0 saturated heterocycles. The van der Waals surface area contributed by atoms with Crippen molar-refractivity contribution < 1.29 is 9.53 Å². The molecule has 1 amide bonds. The van der Waals surface area contributed by atoms with Gasteiger partial charge in [-0.25, -0.2) is 0 Å². The first-order valence-electron chi connectivity index (χ1n) is 7.02. The van der Waals surface area contributed by atoms with Crippen molar-refractivity contribution >= 4 is 5.91 Å². The number of amides is 1. The molecule has 0 aromatic rings. The lowest BCUT2D eigenvalue weighted by molar-refractivity contribution is -0.134. The van der Waals surface area contributed by atoms with Crippen LogP contribution in [0.2, 0.25) is 0 Å². The van der Waals surface area contributed by atoms with Crippen LogP contribution in [0.3, 0.4) is 0 Å². The molecule has 0 bridgehead atoms. The Morgan fingerprint density at radius 2 is 2.06 bits per heavy atom. The smallest absolute Gasteiger partial charge is 0.249 e. The van der Waals surface area contributed by atoms with Gasteiger partial charge in [0.1, 0.15) is 6.10 Å². The van der Waals surface area contributed by atoms with Crippen molar-refractivity contribution in [2.45, 2.75) is 58.6 Å². The van der Waals surface area contributed by atoms with Crippen LogP contribution < -0.4 is 11.1 Å². The molecule has 1 aliphatic carbocycles. The van der Waals surface area contributed by atoms with E-state index in [4.69, 9.17) is 10.5 Å². The zero-order chi connectivity index (χ0) is 13.8. The quantitative estimate of drug-likeness (QED) is 0.694. The molecule has 3 N–H and O–H groups in total. The minimum Gasteiger partial charge on any atom is -0.369 e. The molecule has 18 heavy (non-hydrogen) atoms. The molecule has 1 fully saturated rings. The summed E-state index contributed by atoms with van der Waals surface area (Å²) >= 11 is 0. The zero-order valence-corrected chi connectivity index (χ0v) is 12.2. The van der Waals surface area contributed by atoms with Gasteiger partial charge in [-0.1, -0.05) is 13.8 Å². The van der Waals surface area contributed by atoms with Crippen LogP contribution in [0.25, 0.3) is 0 Å². The molecule has 0 spiro atoms. The lowest BCUT2D eigenvalue weighted by Crippen LogP contribution is -2.55. The van der Waals surface area contributed by atoms with Crippen LogP contribution in [-0.4, -0.2) is 30.7 Å². The third-order valence-electron chi connectivity index (χ3n) is 3.74. The Morgan fingerprint density at radius 3 is 2.50 bits per heavy atom. The summed E-state index contributed by atoms with van der Waals surface area (Å²) in [6.07, 6.45) is 2.91. The molecule has 1 rings (SSSR count). The van der Waals surface area contributed by atoms with Crippen molar-refractivity contribution in [2.24, 2.45) is 17.6 Å². The number of ether oxygens (including phenoxy) is 1. The molecule has 0 radical (unpaired) electrons. The highest BCUT2D eigenvalue weighted by atomic mass is 16.5. The highest BCUT2D eigenvalue weighted by Gasteiger charge is 2.42. The first kappa shape index (κ1) is 15.4. The summed E-state index contributed by atoms with van der Waals surface area (Å²) in [4.78, 5) is 12.0. The minimum atomic E-state index is -0.395. The number of carbonyl (C=O) groups excluding carboxylic acids is 1. The third-order valence-corrected chi connectivity index (χ3v) is 3.74. The Balaban J connectivity index is 2.34. The molecular formula is C14H28N2O2. The van der Waals surface area contributed by atoms with Crippen LogP contribution in [0.1, 0.15) is 47.0 Å². The Morgan fingerprint density at radius 1 is 1.44 bits per heavy atom. The first-order valence-corrected chi connectivity index (χ1v) is 7.02. The highest BCUT2D eigenvalue weighted by Crippen LogP contribution is 2.38. The molecule has 0 aliphatic heterocycles. The third kappa shape index (κ3) is 4.58. The number of carbonyl (C=O) groups is 1. The molecule has 1 saturated carbocycles. The second-order valence-electron chi connectivity index (χ2n) is 6.08. The molecule has 0 heterocycles. The lowest BCUT2D eigenvalue weighted by atomic mass is 9.95. The average molecular weight is 256 g/mol. The maximum atomic E-state index is 12.0. The number of nitrogens with two attached hydrogens (primary N) is 1. The van der Waals surface area contributed by atoms with E-state index in [0.29, 0.717) is 25.0 Å². The van der Waals surface area contributed by atoms with Crippen LogP contribution in [-0.2, 0) is 9.53 Å². The standard InChI is InChI=1S/C14H28N2O2/c1-10(2)7-8-18-11(3)13(17)16-14(4,9-15)12-5-6-12/h10-12H,5-9,15H2,1-4H3,(H,16,17). The van der Waals surface area contributed by atoms with Gasteiger partial charge in [0.25, 0.3) is 0 Å². The Kier molecular flexibility index (Phi) is 5.60. The van der Waals surface area contributed by atoms with E-state index in [1.165, 1.54) is 0 Å². The van der Waals surface area contributed by atoms with Crippen molar-refractivity contribution in [3.63, 3.8) is 0 Å².